The summed E-state index contributed by atoms with van der Waals surface area (Å²) in [7, 11) is 2.74. The van der Waals surface area contributed by atoms with Gasteiger partial charge in [-0.25, -0.2) is 9.78 Å². The van der Waals surface area contributed by atoms with Gasteiger partial charge in [0.1, 0.15) is 0 Å². The Bertz CT molecular complexity index is 243. The second-order valence-corrected chi connectivity index (χ2v) is 48.3. The molecule has 0 atom stereocenters. The van der Waals surface area contributed by atoms with Crippen LogP contribution >= 0.6 is 59.9 Å². The third-order valence-corrected chi connectivity index (χ3v) is 1.28. The Balaban J connectivity index is 0. The molecule has 0 saturated carbocycles. The first-order chi connectivity index (χ1) is 7.04. The first kappa shape index (κ1) is 20.4. The Morgan fingerprint density at radius 3 is 1.94 bits per heavy atom. The average Bonchev–Trinajstić information content (AvgIpc) is 2.10. The van der Waals surface area contributed by atoms with Crippen molar-refractivity contribution in [2.45, 2.75) is 13.8 Å². The zero-order valence-electron chi connectivity index (χ0n) is 9.63. The van der Waals surface area contributed by atoms with Crippen LogP contribution in [0.25, 0.3) is 0 Å². The van der Waals surface area contributed by atoms with Crippen molar-refractivity contribution >= 4 is 71.1 Å². The van der Waals surface area contributed by atoms with E-state index in [0.717, 1.165) is 0 Å². The van der Waals surface area contributed by atoms with Crippen molar-refractivity contribution in [2.24, 2.45) is 5.41 Å². The third-order valence-electron chi connectivity index (χ3n) is 1.28. The van der Waals surface area contributed by atoms with Crippen molar-refractivity contribution in [3.63, 3.8) is 0 Å². The molecule has 0 fully saturated rings. The molecule has 0 aromatic carbocycles. The van der Waals surface area contributed by atoms with E-state index in [9.17, 15) is 4.79 Å². The second-order valence-electron chi connectivity index (χ2n) is 3.35. The van der Waals surface area contributed by atoms with Gasteiger partial charge in [-0.15, -0.1) is 0 Å². The number of esters is 1. The van der Waals surface area contributed by atoms with Crippen molar-refractivity contribution in [1.82, 2.24) is 0 Å². The van der Waals surface area contributed by atoms with Crippen molar-refractivity contribution in [2.75, 3.05) is 20.8 Å². The van der Waals surface area contributed by atoms with Crippen molar-refractivity contribution < 1.29 is 22.7 Å². The summed E-state index contributed by atoms with van der Waals surface area (Å²) in [4.78, 5) is 20.0. The summed E-state index contributed by atoms with van der Waals surface area (Å²) in [5.41, 5.74) is -0.648. The standard InChI is InChI=1S/C7H14O4.CH2.3HI.V/c1-7(2,5-11-10-4)6(8)9-3;;;;;/h5H2,1-4H3;1H2;3*1H;/q;;;;;+3/p-3. The molecule has 0 aliphatic heterocycles. The molecule has 0 amide bonds. The summed E-state index contributed by atoms with van der Waals surface area (Å²) in [6.07, 6.45) is 0. The van der Waals surface area contributed by atoms with Crippen LogP contribution in [0.5, 0.6) is 0 Å². The number of carbonyl (C=O) groups excluding carboxylic acids is 1. The predicted octanol–water partition coefficient (Wildman–Crippen LogP) is 3.39. The number of methoxy groups -OCH3 is 1. The van der Waals surface area contributed by atoms with E-state index in [1.165, 1.54) is 14.2 Å². The van der Waals surface area contributed by atoms with E-state index >= 15 is 0 Å². The van der Waals surface area contributed by atoms with Crippen LogP contribution in [-0.4, -0.2) is 32.0 Å². The normalized spacial score (nSPS) is 11.4. The number of halogens is 3. The Morgan fingerprint density at radius 2 is 1.69 bits per heavy atom. The number of hydrogen-bond donors (Lipinski definition) is 0. The molecule has 0 rings (SSSR count). The molecule has 4 nitrogen and oxygen atoms in total. The van der Waals surface area contributed by atoms with Crippen LogP contribution in [-0.2, 0) is 22.7 Å². The fraction of sp³-hybridized carbons (Fsp3) is 0.750. The Hall–Kier alpha value is 2.03. The van der Waals surface area contributed by atoms with Gasteiger partial charge in [0.15, 0.2) is 0 Å². The molecule has 8 heteroatoms. The molecule has 0 saturated heterocycles. The first-order valence-corrected chi connectivity index (χ1v) is 18.6. The van der Waals surface area contributed by atoms with Gasteiger partial charge in [-0.05, 0) is 13.8 Å². The molecule has 0 radical (unpaired) electrons. The van der Waals surface area contributed by atoms with Crippen LogP contribution in [0.2, 0.25) is 0 Å². The zero-order valence-corrected chi connectivity index (χ0v) is 17.5. The summed E-state index contributed by atoms with van der Waals surface area (Å²) in [5, 5.41) is 3.90. The molecule has 0 heterocycles. The van der Waals surface area contributed by atoms with Crippen LogP contribution in [0.3, 0.4) is 0 Å². The van der Waals surface area contributed by atoms with E-state index in [-0.39, 0.29) is 12.6 Å². The van der Waals surface area contributed by atoms with Crippen LogP contribution < -0.4 is 0 Å². The third kappa shape index (κ3) is 16.0. The molecular formula is C8H16I3O4V. The van der Waals surface area contributed by atoms with Crippen LogP contribution in [0.4, 0.5) is 0 Å². The molecule has 0 aromatic heterocycles. The van der Waals surface area contributed by atoms with Gasteiger partial charge in [0.25, 0.3) is 0 Å². The van der Waals surface area contributed by atoms with Crippen LogP contribution in [0, 0.1) is 5.41 Å². The Kier molecular flexibility index (Phi) is 12.6. The zero-order chi connectivity index (χ0) is 13.4. The van der Waals surface area contributed by atoms with Gasteiger partial charge < -0.3 is 4.74 Å². The fourth-order valence-corrected chi connectivity index (χ4v) is 0.541. The van der Waals surface area contributed by atoms with E-state index in [1.807, 2.05) is 0 Å². The van der Waals surface area contributed by atoms with Gasteiger partial charge in [-0.3, -0.25) is 4.79 Å². The van der Waals surface area contributed by atoms with Gasteiger partial charge >= 0.3 is 74.5 Å². The summed E-state index contributed by atoms with van der Waals surface area (Å²) in [5.74, 6) is -0.311. The van der Waals surface area contributed by atoms with E-state index in [1.54, 1.807) is 13.8 Å². The predicted molar refractivity (Wildman–Crippen MR) is 87.9 cm³/mol. The SMILES string of the molecule is COOCC(C)(C)C(=O)OC.[CH2]=[V]([I])([I])[I]. The molecule has 0 unspecified atom stereocenters. The molecule has 0 bridgehead atoms. The van der Waals surface area contributed by atoms with Crippen LogP contribution in [0.15, 0.2) is 0 Å². The van der Waals surface area contributed by atoms with E-state index < -0.39 is 8.76 Å². The van der Waals surface area contributed by atoms with Gasteiger partial charge in [-0.2, -0.15) is 0 Å². The quantitative estimate of drug-likeness (QED) is 0.213. The van der Waals surface area contributed by atoms with E-state index in [0.29, 0.717) is 0 Å². The number of rotatable bonds is 4. The van der Waals surface area contributed by atoms with Gasteiger partial charge in [0.05, 0.1) is 26.2 Å². The number of hydrogen-bond acceptors (Lipinski definition) is 4. The maximum atomic E-state index is 11.0. The monoisotopic (exact) mass is 608 g/mol. The molecule has 98 valence electrons. The van der Waals surface area contributed by atoms with Gasteiger partial charge in [-0.1, -0.05) is 0 Å². The summed E-state index contributed by atoms with van der Waals surface area (Å²) >= 11 is 7.23. The Labute approximate surface area is 132 Å². The van der Waals surface area contributed by atoms with E-state index in [4.69, 9.17) is 0 Å². The van der Waals surface area contributed by atoms with Crippen LogP contribution in [0.1, 0.15) is 13.8 Å². The molecule has 0 aromatic rings. The van der Waals surface area contributed by atoms with Crippen molar-refractivity contribution in [3.05, 3.63) is 0 Å². The minimum atomic E-state index is -1.22. The molecule has 0 spiro atoms. The Morgan fingerprint density at radius 1 is 1.31 bits per heavy atom. The fourth-order valence-electron chi connectivity index (χ4n) is 0.541. The summed E-state index contributed by atoms with van der Waals surface area (Å²) < 4.78 is 3.32. The summed E-state index contributed by atoms with van der Waals surface area (Å²) in [6, 6.07) is 0. The van der Waals surface area contributed by atoms with E-state index in [2.05, 4.69) is 79.7 Å². The average molecular weight is 608 g/mol. The molecule has 0 N–H and O–H groups in total. The van der Waals surface area contributed by atoms with Crippen molar-refractivity contribution in [1.29, 1.82) is 0 Å². The minimum absolute atomic E-state index is 0.191. The summed E-state index contributed by atoms with van der Waals surface area (Å²) in [6.45, 7) is 3.63. The molecule has 0 aliphatic rings. The van der Waals surface area contributed by atoms with Crippen molar-refractivity contribution in [3.8, 4) is 0 Å². The molecular weight excluding hydrogens is 592 g/mol. The second kappa shape index (κ2) is 9.90. The molecule has 16 heavy (non-hydrogen) atoms. The number of carbonyl (C=O) groups is 1. The van der Waals surface area contributed by atoms with Gasteiger partial charge in [0.2, 0.25) is 0 Å². The van der Waals surface area contributed by atoms with Gasteiger partial charge in [0, 0.05) is 0 Å². The first-order valence-electron chi connectivity index (χ1n) is 4.11. The maximum absolute atomic E-state index is 11.0. The number of ether oxygens (including phenoxy) is 1. The molecule has 0 aliphatic carbocycles. The topological polar surface area (TPSA) is 44.8 Å².